The molecule has 0 unspecified atom stereocenters. The van der Waals surface area contributed by atoms with Gasteiger partial charge in [0, 0.05) is 13.1 Å². The Hall–Kier alpha value is 0.500. The molecule has 1 aliphatic rings. The molecule has 70 valence electrons. The molecule has 1 rings (SSSR count). The summed E-state index contributed by atoms with van der Waals surface area (Å²) in [5, 5.41) is 3.16. The van der Waals surface area contributed by atoms with Crippen LogP contribution in [0.15, 0.2) is 0 Å². The van der Waals surface area contributed by atoms with Crippen LogP contribution in [0.1, 0.15) is 6.42 Å². The van der Waals surface area contributed by atoms with E-state index >= 15 is 0 Å². The van der Waals surface area contributed by atoms with Crippen LogP contribution in [-0.4, -0.2) is 38.6 Å². The third-order valence-electron chi connectivity index (χ3n) is 1.94. The molecule has 1 fully saturated rings. The number of hydrogen-bond acceptors (Lipinski definition) is 2. The summed E-state index contributed by atoms with van der Waals surface area (Å²) in [6.45, 7) is 3.79. The molecule has 0 aromatic carbocycles. The predicted octanol–water partition coefficient (Wildman–Crippen LogP) is 1.00. The van der Waals surface area contributed by atoms with E-state index in [4.69, 9.17) is 0 Å². The second-order valence-electron chi connectivity index (χ2n) is 2.98. The van der Waals surface area contributed by atoms with Crippen molar-refractivity contribution in [2.75, 3.05) is 33.7 Å². The molecule has 1 aliphatic heterocycles. The van der Waals surface area contributed by atoms with Crippen molar-refractivity contribution in [1.29, 1.82) is 0 Å². The number of nitrogens with zero attached hydrogens (tertiary/aromatic N) is 1. The molecular formula is C7H18Cl2N2. The molecule has 0 atom stereocenters. The molecule has 11 heavy (non-hydrogen) atoms. The van der Waals surface area contributed by atoms with Gasteiger partial charge in [-0.15, -0.1) is 24.8 Å². The Bertz CT molecular complexity index is 84.5. The highest BCUT2D eigenvalue weighted by molar-refractivity contribution is 5.85. The Labute approximate surface area is 81.5 Å². The van der Waals surface area contributed by atoms with Crippen LogP contribution in [0.5, 0.6) is 0 Å². The van der Waals surface area contributed by atoms with Gasteiger partial charge in [-0.25, -0.2) is 0 Å². The smallest absolute Gasteiger partial charge is 0.00194 e. The first-order chi connectivity index (χ1) is 4.33. The topological polar surface area (TPSA) is 15.3 Å². The van der Waals surface area contributed by atoms with Crippen molar-refractivity contribution in [3.8, 4) is 0 Å². The zero-order chi connectivity index (χ0) is 6.69. The molecule has 1 heterocycles. The summed E-state index contributed by atoms with van der Waals surface area (Å²) in [6, 6.07) is 0. The van der Waals surface area contributed by atoms with E-state index in [0.717, 1.165) is 5.92 Å². The Kier molecular flexibility index (Phi) is 9.15. The second kappa shape index (κ2) is 7.17. The van der Waals surface area contributed by atoms with Crippen molar-refractivity contribution in [1.82, 2.24) is 10.2 Å². The van der Waals surface area contributed by atoms with Crippen molar-refractivity contribution in [2.24, 2.45) is 5.92 Å². The van der Waals surface area contributed by atoms with Gasteiger partial charge in [-0.3, -0.25) is 0 Å². The largest absolute Gasteiger partial charge is 0.320 e. The zero-order valence-corrected chi connectivity index (χ0v) is 8.80. The molecule has 0 saturated carbocycles. The quantitative estimate of drug-likeness (QED) is 0.732. The van der Waals surface area contributed by atoms with E-state index in [-0.39, 0.29) is 24.8 Å². The maximum Gasteiger partial charge on any atom is 0.00194 e. The van der Waals surface area contributed by atoms with Crippen LogP contribution >= 0.6 is 24.8 Å². The van der Waals surface area contributed by atoms with Crippen LogP contribution in [0.4, 0.5) is 0 Å². The van der Waals surface area contributed by atoms with Gasteiger partial charge in [0.2, 0.25) is 0 Å². The fourth-order valence-corrected chi connectivity index (χ4v) is 1.36. The summed E-state index contributed by atoms with van der Waals surface area (Å²) in [7, 11) is 4.19. The molecule has 4 heteroatoms. The monoisotopic (exact) mass is 200 g/mol. The summed E-state index contributed by atoms with van der Waals surface area (Å²) in [5.74, 6) is 0.974. The van der Waals surface area contributed by atoms with E-state index < -0.39 is 0 Å². The van der Waals surface area contributed by atoms with Gasteiger partial charge in [0.05, 0.1) is 0 Å². The van der Waals surface area contributed by atoms with Gasteiger partial charge >= 0.3 is 0 Å². The first-order valence-electron chi connectivity index (χ1n) is 3.66. The fraction of sp³-hybridized carbons (Fsp3) is 1.00. The summed E-state index contributed by atoms with van der Waals surface area (Å²) in [6.07, 6.45) is 1.35. The van der Waals surface area contributed by atoms with Crippen molar-refractivity contribution < 1.29 is 0 Å². The van der Waals surface area contributed by atoms with Gasteiger partial charge in [-0.1, -0.05) is 0 Å². The predicted molar refractivity (Wildman–Crippen MR) is 54.0 cm³/mol. The van der Waals surface area contributed by atoms with Crippen LogP contribution in [-0.2, 0) is 0 Å². The van der Waals surface area contributed by atoms with E-state index in [1.165, 1.54) is 26.1 Å². The Morgan fingerprint density at radius 2 is 1.91 bits per heavy atom. The maximum absolute atomic E-state index is 3.16. The SMILES string of the molecule is CNCCC1CN(C)C1.Cl.Cl. The van der Waals surface area contributed by atoms with Crippen LogP contribution < -0.4 is 5.32 Å². The molecule has 0 aromatic rings. The standard InChI is InChI=1S/C7H16N2.2ClH/c1-8-4-3-7-5-9(2)6-7;;/h7-8H,3-6H2,1-2H3;2*1H. The van der Waals surface area contributed by atoms with E-state index in [1.54, 1.807) is 0 Å². The van der Waals surface area contributed by atoms with E-state index in [1.807, 2.05) is 7.05 Å². The third-order valence-corrected chi connectivity index (χ3v) is 1.94. The minimum absolute atomic E-state index is 0. The first-order valence-corrected chi connectivity index (χ1v) is 3.66. The zero-order valence-electron chi connectivity index (χ0n) is 7.17. The van der Waals surface area contributed by atoms with E-state index in [0.29, 0.717) is 0 Å². The van der Waals surface area contributed by atoms with Gasteiger partial charge < -0.3 is 10.2 Å². The lowest BCUT2D eigenvalue weighted by atomic mass is 9.97. The number of likely N-dealkylation sites (tertiary alicyclic amines) is 1. The molecular weight excluding hydrogens is 183 g/mol. The van der Waals surface area contributed by atoms with Gasteiger partial charge in [0.15, 0.2) is 0 Å². The summed E-state index contributed by atoms with van der Waals surface area (Å²) in [4.78, 5) is 2.36. The molecule has 0 amide bonds. The molecule has 1 N–H and O–H groups in total. The number of rotatable bonds is 3. The van der Waals surface area contributed by atoms with Crippen LogP contribution in [0.2, 0.25) is 0 Å². The minimum Gasteiger partial charge on any atom is -0.320 e. The van der Waals surface area contributed by atoms with Gasteiger partial charge in [-0.05, 0) is 33.0 Å². The van der Waals surface area contributed by atoms with Crippen molar-refractivity contribution in [3.63, 3.8) is 0 Å². The minimum atomic E-state index is 0. The Balaban J connectivity index is 0. The average molecular weight is 201 g/mol. The molecule has 0 aliphatic carbocycles. The van der Waals surface area contributed by atoms with Crippen LogP contribution in [0, 0.1) is 5.92 Å². The van der Waals surface area contributed by atoms with E-state index in [2.05, 4.69) is 17.3 Å². The molecule has 0 bridgehead atoms. The Morgan fingerprint density at radius 3 is 2.27 bits per heavy atom. The average Bonchev–Trinajstić information content (AvgIpc) is 1.78. The molecule has 2 nitrogen and oxygen atoms in total. The Morgan fingerprint density at radius 1 is 1.36 bits per heavy atom. The van der Waals surface area contributed by atoms with Crippen molar-refractivity contribution in [3.05, 3.63) is 0 Å². The molecule has 0 radical (unpaired) electrons. The van der Waals surface area contributed by atoms with Gasteiger partial charge in [0.1, 0.15) is 0 Å². The number of hydrogen-bond donors (Lipinski definition) is 1. The summed E-state index contributed by atoms with van der Waals surface area (Å²) >= 11 is 0. The highest BCUT2D eigenvalue weighted by Crippen LogP contribution is 2.15. The third kappa shape index (κ3) is 4.86. The fourth-order valence-electron chi connectivity index (χ4n) is 1.36. The lowest BCUT2D eigenvalue weighted by Gasteiger charge is -2.36. The van der Waals surface area contributed by atoms with Crippen molar-refractivity contribution >= 4 is 24.8 Å². The van der Waals surface area contributed by atoms with Crippen LogP contribution in [0.25, 0.3) is 0 Å². The van der Waals surface area contributed by atoms with Crippen LogP contribution in [0.3, 0.4) is 0 Å². The number of nitrogens with one attached hydrogen (secondary N) is 1. The van der Waals surface area contributed by atoms with Crippen molar-refractivity contribution in [2.45, 2.75) is 6.42 Å². The summed E-state index contributed by atoms with van der Waals surface area (Å²) in [5.41, 5.74) is 0. The van der Waals surface area contributed by atoms with Gasteiger partial charge in [-0.2, -0.15) is 0 Å². The lowest BCUT2D eigenvalue weighted by Crippen LogP contribution is -2.44. The lowest BCUT2D eigenvalue weighted by molar-refractivity contribution is 0.127. The maximum atomic E-state index is 3.16. The second-order valence-corrected chi connectivity index (χ2v) is 2.98. The normalized spacial score (nSPS) is 18.0. The molecule has 1 saturated heterocycles. The molecule has 0 spiro atoms. The molecule has 0 aromatic heterocycles. The number of halogens is 2. The highest BCUT2D eigenvalue weighted by atomic mass is 35.5. The first kappa shape index (κ1) is 14.0. The highest BCUT2D eigenvalue weighted by Gasteiger charge is 2.21. The van der Waals surface area contributed by atoms with E-state index in [9.17, 15) is 0 Å². The van der Waals surface area contributed by atoms with Gasteiger partial charge in [0.25, 0.3) is 0 Å². The summed E-state index contributed by atoms with van der Waals surface area (Å²) < 4.78 is 0.